The number of carbonyl (C=O) groups excluding carboxylic acids is 1. The van der Waals surface area contributed by atoms with Crippen molar-refractivity contribution in [1.29, 1.82) is 0 Å². The molecule has 2 aromatic carbocycles. The maximum absolute atomic E-state index is 12.5. The Morgan fingerprint density at radius 1 is 1.19 bits per heavy atom. The van der Waals surface area contributed by atoms with E-state index in [0.717, 1.165) is 17.7 Å². The molecule has 0 saturated heterocycles. The molecule has 0 fully saturated rings. The van der Waals surface area contributed by atoms with Crippen LogP contribution in [0.2, 0.25) is 0 Å². The molecule has 0 spiro atoms. The Kier molecular flexibility index (Phi) is 6.78. The van der Waals surface area contributed by atoms with Gasteiger partial charge in [-0.25, -0.2) is 9.79 Å². The Balaban J connectivity index is 2.16. The monoisotopic (exact) mass is 354 g/mol. The number of aliphatic imine (C=N–C) groups is 1. The summed E-state index contributed by atoms with van der Waals surface area (Å²) in [5.41, 5.74) is 4.09. The molecule has 5 nitrogen and oxygen atoms in total. The Morgan fingerprint density at radius 3 is 2.50 bits per heavy atom. The molecule has 0 unspecified atom stereocenters. The molecule has 0 radical (unpaired) electrons. The van der Waals surface area contributed by atoms with Crippen LogP contribution in [0.25, 0.3) is 0 Å². The van der Waals surface area contributed by atoms with Crippen molar-refractivity contribution in [3.05, 3.63) is 58.7 Å². The molecule has 0 aliphatic rings. The van der Waals surface area contributed by atoms with Crippen molar-refractivity contribution in [2.45, 2.75) is 27.4 Å². The summed E-state index contributed by atoms with van der Waals surface area (Å²) in [6, 6.07) is 11.4. The zero-order chi connectivity index (χ0) is 19.1. The Bertz CT molecular complexity index is 783. The molecule has 138 valence electrons. The van der Waals surface area contributed by atoms with Crippen molar-refractivity contribution >= 4 is 18.0 Å². The van der Waals surface area contributed by atoms with Crippen LogP contribution in [-0.4, -0.2) is 37.9 Å². The summed E-state index contributed by atoms with van der Waals surface area (Å²) in [5.74, 6) is 0.168. The second-order valence-corrected chi connectivity index (χ2v) is 6.22. The third kappa shape index (κ3) is 5.09. The van der Waals surface area contributed by atoms with Gasteiger partial charge in [-0.3, -0.25) is 0 Å². The van der Waals surface area contributed by atoms with Crippen molar-refractivity contribution in [3.8, 4) is 5.75 Å². The van der Waals surface area contributed by atoms with Gasteiger partial charge in [0.05, 0.1) is 19.0 Å². The first-order valence-corrected chi connectivity index (χ1v) is 8.60. The highest BCUT2D eigenvalue weighted by atomic mass is 16.5. The summed E-state index contributed by atoms with van der Waals surface area (Å²) in [5, 5.41) is 0. The fourth-order valence-corrected chi connectivity index (χ4v) is 2.31. The lowest BCUT2D eigenvalue weighted by molar-refractivity contribution is 0.0471. The van der Waals surface area contributed by atoms with Crippen LogP contribution in [0.4, 0.5) is 5.69 Å². The number of methoxy groups -OCH3 is 1. The first-order chi connectivity index (χ1) is 12.4. The largest absolute Gasteiger partial charge is 0.494 e. The Hall–Kier alpha value is -2.82. The van der Waals surface area contributed by atoms with E-state index < -0.39 is 0 Å². The predicted molar refractivity (Wildman–Crippen MR) is 104 cm³/mol. The molecule has 2 rings (SSSR count). The molecule has 0 aromatic heterocycles. The third-order valence-corrected chi connectivity index (χ3v) is 4.13. The summed E-state index contributed by atoms with van der Waals surface area (Å²) in [4.78, 5) is 18.9. The van der Waals surface area contributed by atoms with E-state index in [1.54, 1.807) is 19.5 Å². The van der Waals surface area contributed by atoms with Gasteiger partial charge in [0.25, 0.3) is 0 Å². The Labute approximate surface area is 155 Å². The SMILES string of the molecule is CCN(C)/C=N/c1cc(C)c(C(=O)OCc2ccc(C)cc2)cc1OC. The molecule has 0 amide bonds. The molecule has 0 atom stereocenters. The molecule has 0 heterocycles. The van der Waals surface area contributed by atoms with Crippen LogP contribution in [0.15, 0.2) is 41.4 Å². The number of rotatable bonds is 7. The van der Waals surface area contributed by atoms with E-state index in [0.29, 0.717) is 17.0 Å². The van der Waals surface area contributed by atoms with Crippen LogP contribution < -0.4 is 4.74 Å². The molecule has 5 heteroatoms. The lowest BCUT2D eigenvalue weighted by Crippen LogP contribution is -2.14. The maximum Gasteiger partial charge on any atom is 0.338 e. The van der Waals surface area contributed by atoms with Crippen LogP contribution >= 0.6 is 0 Å². The number of carbonyl (C=O) groups is 1. The van der Waals surface area contributed by atoms with Gasteiger partial charge in [0.1, 0.15) is 18.0 Å². The lowest BCUT2D eigenvalue weighted by atomic mass is 10.1. The van der Waals surface area contributed by atoms with Crippen LogP contribution in [0.1, 0.15) is 34.0 Å². The van der Waals surface area contributed by atoms with Crippen LogP contribution in [-0.2, 0) is 11.3 Å². The number of hydrogen-bond acceptors (Lipinski definition) is 4. The zero-order valence-corrected chi connectivity index (χ0v) is 16.1. The first kappa shape index (κ1) is 19.5. The molecule has 0 aliphatic heterocycles. The predicted octanol–water partition coefficient (Wildman–Crippen LogP) is 4.28. The molecule has 2 aromatic rings. The standard InChI is InChI=1S/C21H26N2O3/c1-6-23(4)14-22-19-11-16(3)18(12-20(19)25-5)21(24)26-13-17-9-7-15(2)8-10-17/h7-12,14H,6,13H2,1-5H3/b22-14+. The average Bonchev–Trinajstić information content (AvgIpc) is 2.65. The van der Waals surface area contributed by atoms with Gasteiger partial charge < -0.3 is 14.4 Å². The smallest absolute Gasteiger partial charge is 0.338 e. The van der Waals surface area contributed by atoms with Gasteiger partial charge >= 0.3 is 5.97 Å². The summed E-state index contributed by atoms with van der Waals surface area (Å²) in [6.07, 6.45) is 1.74. The highest BCUT2D eigenvalue weighted by Gasteiger charge is 2.15. The van der Waals surface area contributed by atoms with E-state index in [1.807, 2.05) is 63.1 Å². The van der Waals surface area contributed by atoms with Crippen LogP contribution in [0.5, 0.6) is 5.75 Å². The van der Waals surface area contributed by atoms with Crippen molar-refractivity contribution in [1.82, 2.24) is 4.90 Å². The van der Waals surface area contributed by atoms with Crippen molar-refractivity contribution in [2.24, 2.45) is 4.99 Å². The number of aryl methyl sites for hydroxylation is 2. The topological polar surface area (TPSA) is 51.1 Å². The highest BCUT2D eigenvalue weighted by molar-refractivity contribution is 5.92. The van der Waals surface area contributed by atoms with E-state index in [9.17, 15) is 4.79 Å². The number of benzene rings is 2. The second-order valence-electron chi connectivity index (χ2n) is 6.22. The van der Waals surface area contributed by atoms with E-state index >= 15 is 0 Å². The molecular formula is C21H26N2O3. The van der Waals surface area contributed by atoms with Gasteiger partial charge in [-0.05, 0) is 44.0 Å². The normalized spacial score (nSPS) is 10.8. The highest BCUT2D eigenvalue weighted by Crippen LogP contribution is 2.31. The maximum atomic E-state index is 12.5. The van der Waals surface area contributed by atoms with Gasteiger partial charge in [0.15, 0.2) is 0 Å². The minimum atomic E-state index is -0.373. The molecule has 26 heavy (non-hydrogen) atoms. The van der Waals surface area contributed by atoms with E-state index in [-0.39, 0.29) is 12.6 Å². The molecule has 0 N–H and O–H groups in total. The van der Waals surface area contributed by atoms with Gasteiger partial charge in [0, 0.05) is 13.6 Å². The van der Waals surface area contributed by atoms with Crippen molar-refractivity contribution < 1.29 is 14.3 Å². The fourth-order valence-electron chi connectivity index (χ4n) is 2.31. The van der Waals surface area contributed by atoms with E-state index in [4.69, 9.17) is 9.47 Å². The number of hydrogen-bond donors (Lipinski definition) is 0. The van der Waals surface area contributed by atoms with Crippen LogP contribution in [0, 0.1) is 13.8 Å². The fraction of sp³-hybridized carbons (Fsp3) is 0.333. The quantitative estimate of drug-likeness (QED) is 0.423. The summed E-state index contributed by atoms with van der Waals surface area (Å²) in [7, 11) is 3.51. The zero-order valence-electron chi connectivity index (χ0n) is 16.1. The van der Waals surface area contributed by atoms with Crippen molar-refractivity contribution in [3.63, 3.8) is 0 Å². The average molecular weight is 354 g/mol. The van der Waals surface area contributed by atoms with Gasteiger partial charge in [-0.15, -0.1) is 0 Å². The third-order valence-electron chi connectivity index (χ3n) is 4.13. The van der Waals surface area contributed by atoms with Crippen molar-refractivity contribution in [2.75, 3.05) is 20.7 Å². The number of esters is 1. The van der Waals surface area contributed by atoms with Crippen LogP contribution in [0.3, 0.4) is 0 Å². The van der Waals surface area contributed by atoms with E-state index in [2.05, 4.69) is 4.99 Å². The summed E-state index contributed by atoms with van der Waals surface area (Å²) in [6.45, 7) is 7.02. The van der Waals surface area contributed by atoms with Gasteiger partial charge in [-0.1, -0.05) is 29.8 Å². The first-order valence-electron chi connectivity index (χ1n) is 8.60. The molecule has 0 saturated carbocycles. The summed E-state index contributed by atoms with van der Waals surface area (Å²) < 4.78 is 10.8. The molecule has 0 bridgehead atoms. The van der Waals surface area contributed by atoms with Gasteiger partial charge in [-0.2, -0.15) is 0 Å². The minimum absolute atomic E-state index is 0.238. The Morgan fingerprint density at radius 2 is 1.88 bits per heavy atom. The number of nitrogens with zero attached hydrogens (tertiary/aromatic N) is 2. The molecular weight excluding hydrogens is 328 g/mol. The van der Waals surface area contributed by atoms with E-state index in [1.165, 1.54) is 5.56 Å². The summed E-state index contributed by atoms with van der Waals surface area (Å²) >= 11 is 0. The lowest BCUT2D eigenvalue weighted by Gasteiger charge is -2.13. The van der Waals surface area contributed by atoms with Gasteiger partial charge in [0.2, 0.25) is 0 Å². The molecule has 0 aliphatic carbocycles. The number of ether oxygens (including phenoxy) is 2. The second kappa shape index (κ2) is 9.04. The minimum Gasteiger partial charge on any atom is -0.494 e.